The third kappa shape index (κ3) is 6.74. The molecule has 1 atom stereocenters. The number of halogens is 1. The third-order valence-corrected chi connectivity index (χ3v) is 2.64. The van der Waals surface area contributed by atoms with E-state index >= 15 is 0 Å². The SMILES string of the molecule is CC(Cl)C(C)(C)NC(=O)COC(C)(C)C. The minimum absolute atomic E-state index is 0.0660. The van der Waals surface area contributed by atoms with E-state index < -0.39 is 5.54 Å². The molecule has 0 fully saturated rings. The molecule has 0 aliphatic heterocycles. The van der Waals surface area contributed by atoms with Crippen molar-refractivity contribution in [3.05, 3.63) is 0 Å². The molecule has 0 saturated heterocycles. The van der Waals surface area contributed by atoms with Crippen LogP contribution in [-0.2, 0) is 9.53 Å². The summed E-state index contributed by atoms with van der Waals surface area (Å²) < 4.78 is 5.36. The first kappa shape index (κ1) is 14.7. The zero-order chi connectivity index (χ0) is 12.3. The number of amides is 1. The van der Waals surface area contributed by atoms with E-state index in [1.807, 2.05) is 41.5 Å². The average molecular weight is 236 g/mol. The van der Waals surface area contributed by atoms with Gasteiger partial charge >= 0.3 is 0 Å². The second kappa shape index (κ2) is 5.17. The van der Waals surface area contributed by atoms with Gasteiger partial charge in [0.25, 0.3) is 0 Å². The van der Waals surface area contributed by atoms with E-state index in [9.17, 15) is 4.79 Å². The molecule has 0 radical (unpaired) electrons. The predicted octanol–water partition coefficient (Wildman–Crippen LogP) is 2.32. The van der Waals surface area contributed by atoms with Gasteiger partial charge in [0.2, 0.25) is 5.91 Å². The zero-order valence-electron chi connectivity index (χ0n) is 10.5. The van der Waals surface area contributed by atoms with Crippen LogP contribution in [0.1, 0.15) is 41.5 Å². The molecular formula is C11H22ClNO2. The van der Waals surface area contributed by atoms with Gasteiger partial charge in [0.1, 0.15) is 6.61 Å². The highest BCUT2D eigenvalue weighted by atomic mass is 35.5. The van der Waals surface area contributed by atoms with Crippen molar-refractivity contribution in [2.24, 2.45) is 0 Å². The lowest BCUT2D eigenvalue weighted by atomic mass is 10.0. The quantitative estimate of drug-likeness (QED) is 0.760. The molecule has 15 heavy (non-hydrogen) atoms. The first-order chi connectivity index (χ1) is 6.54. The van der Waals surface area contributed by atoms with Crippen molar-refractivity contribution in [3.63, 3.8) is 0 Å². The van der Waals surface area contributed by atoms with E-state index in [0.717, 1.165) is 0 Å². The van der Waals surface area contributed by atoms with Crippen LogP contribution in [0.2, 0.25) is 0 Å². The van der Waals surface area contributed by atoms with E-state index in [4.69, 9.17) is 16.3 Å². The Kier molecular flexibility index (Phi) is 5.07. The zero-order valence-corrected chi connectivity index (χ0v) is 11.2. The second-order valence-electron chi connectivity index (χ2n) is 5.29. The van der Waals surface area contributed by atoms with Crippen molar-refractivity contribution in [3.8, 4) is 0 Å². The van der Waals surface area contributed by atoms with E-state index in [1.165, 1.54) is 0 Å². The Hall–Kier alpha value is -0.280. The molecule has 0 rings (SSSR count). The van der Waals surface area contributed by atoms with Crippen LogP contribution in [0, 0.1) is 0 Å². The minimum atomic E-state index is -0.417. The smallest absolute Gasteiger partial charge is 0.246 e. The van der Waals surface area contributed by atoms with Crippen molar-refractivity contribution in [2.75, 3.05) is 6.61 Å². The maximum Gasteiger partial charge on any atom is 0.246 e. The fourth-order valence-corrected chi connectivity index (χ4v) is 0.831. The molecule has 0 aliphatic carbocycles. The monoisotopic (exact) mass is 235 g/mol. The molecular weight excluding hydrogens is 214 g/mol. The number of carbonyl (C=O) groups excluding carboxylic acids is 1. The fraction of sp³-hybridized carbons (Fsp3) is 0.909. The molecule has 1 unspecified atom stereocenters. The molecule has 4 heteroatoms. The summed E-state index contributed by atoms with van der Waals surface area (Å²) in [5, 5.41) is 2.70. The number of nitrogens with one attached hydrogen (secondary N) is 1. The largest absolute Gasteiger partial charge is 0.366 e. The van der Waals surface area contributed by atoms with Gasteiger partial charge in [-0.2, -0.15) is 0 Å². The van der Waals surface area contributed by atoms with Crippen LogP contribution >= 0.6 is 11.6 Å². The lowest BCUT2D eigenvalue weighted by Gasteiger charge is -2.29. The highest BCUT2D eigenvalue weighted by Gasteiger charge is 2.26. The molecule has 0 saturated carbocycles. The molecule has 0 aliphatic rings. The van der Waals surface area contributed by atoms with E-state index in [1.54, 1.807) is 0 Å². The van der Waals surface area contributed by atoms with Gasteiger partial charge in [-0.15, -0.1) is 11.6 Å². The number of hydrogen-bond acceptors (Lipinski definition) is 2. The summed E-state index contributed by atoms with van der Waals surface area (Å²) in [4.78, 5) is 11.5. The van der Waals surface area contributed by atoms with E-state index in [0.29, 0.717) is 0 Å². The van der Waals surface area contributed by atoms with Crippen LogP contribution in [0.3, 0.4) is 0 Å². The Balaban J connectivity index is 4.05. The van der Waals surface area contributed by atoms with Crippen LogP contribution < -0.4 is 5.32 Å². The van der Waals surface area contributed by atoms with Crippen LogP contribution in [-0.4, -0.2) is 29.0 Å². The first-order valence-corrected chi connectivity index (χ1v) is 5.57. The molecule has 0 aromatic carbocycles. The summed E-state index contributed by atoms with van der Waals surface area (Å²) in [6.45, 7) is 11.4. The Morgan fingerprint density at radius 3 is 2.13 bits per heavy atom. The molecule has 0 spiro atoms. The first-order valence-electron chi connectivity index (χ1n) is 5.13. The lowest BCUT2D eigenvalue weighted by molar-refractivity contribution is -0.132. The summed E-state index contributed by atoms with van der Waals surface area (Å²) in [6, 6.07) is 0. The van der Waals surface area contributed by atoms with Crippen LogP contribution in [0.15, 0.2) is 0 Å². The molecule has 1 amide bonds. The van der Waals surface area contributed by atoms with Gasteiger partial charge in [0.15, 0.2) is 0 Å². The Labute approximate surface area is 97.5 Å². The summed E-state index contributed by atoms with van der Waals surface area (Å²) in [5.74, 6) is -0.137. The van der Waals surface area contributed by atoms with E-state index in [-0.39, 0.29) is 23.5 Å². The van der Waals surface area contributed by atoms with Gasteiger partial charge in [0.05, 0.1) is 16.5 Å². The van der Waals surface area contributed by atoms with Crippen molar-refractivity contribution in [1.29, 1.82) is 0 Å². The molecule has 0 aromatic rings. The van der Waals surface area contributed by atoms with Crippen LogP contribution in [0.25, 0.3) is 0 Å². The summed E-state index contributed by atoms with van der Waals surface area (Å²) in [6.07, 6.45) is 0. The fourth-order valence-electron chi connectivity index (χ4n) is 0.777. The molecule has 0 aromatic heterocycles. The summed E-state index contributed by atoms with van der Waals surface area (Å²) in [7, 11) is 0. The Morgan fingerprint density at radius 2 is 1.80 bits per heavy atom. The molecule has 90 valence electrons. The third-order valence-electron chi connectivity index (χ3n) is 2.09. The lowest BCUT2D eigenvalue weighted by Crippen LogP contribution is -2.50. The second-order valence-corrected chi connectivity index (χ2v) is 5.94. The topological polar surface area (TPSA) is 38.3 Å². The molecule has 1 N–H and O–H groups in total. The average Bonchev–Trinajstić information content (AvgIpc) is 1.98. The number of rotatable bonds is 4. The maximum absolute atomic E-state index is 11.5. The minimum Gasteiger partial charge on any atom is -0.366 e. The van der Waals surface area contributed by atoms with Crippen LogP contribution in [0.5, 0.6) is 0 Å². The highest BCUT2D eigenvalue weighted by molar-refractivity contribution is 6.21. The van der Waals surface area contributed by atoms with Gasteiger partial charge in [0, 0.05) is 0 Å². The maximum atomic E-state index is 11.5. The molecule has 0 bridgehead atoms. The number of ether oxygens (including phenoxy) is 1. The van der Waals surface area contributed by atoms with Gasteiger partial charge < -0.3 is 10.1 Å². The van der Waals surface area contributed by atoms with Crippen molar-refractivity contribution >= 4 is 17.5 Å². The van der Waals surface area contributed by atoms with Gasteiger partial charge in [-0.05, 0) is 41.5 Å². The summed E-state index contributed by atoms with van der Waals surface area (Å²) >= 11 is 5.95. The van der Waals surface area contributed by atoms with Crippen molar-refractivity contribution in [1.82, 2.24) is 5.32 Å². The van der Waals surface area contributed by atoms with Crippen molar-refractivity contribution in [2.45, 2.75) is 58.1 Å². The normalized spacial score (nSPS) is 14.9. The van der Waals surface area contributed by atoms with Crippen molar-refractivity contribution < 1.29 is 9.53 Å². The predicted molar refractivity (Wildman–Crippen MR) is 63.2 cm³/mol. The molecule has 3 nitrogen and oxygen atoms in total. The Bertz CT molecular complexity index is 219. The number of carbonyl (C=O) groups is 1. The highest BCUT2D eigenvalue weighted by Crippen LogP contribution is 2.14. The number of hydrogen-bond donors (Lipinski definition) is 1. The summed E-state index contributed by atoms with van der Waals surface area (Å²) in [5.41, 5.74) is -0.714. The Morgan fingerprint density at radius 1 is 1.33 bits per heavy atom. The van der Waals surface area contributed by atoms with Gasteiger partial charge in [-0.3, -0.25) is 4.79 Å². The van der Waals surface area contributed by atoms with Gasteiger partial charge in [-0.25, -0.2) is 0 Å². The van der Waals surface area contributed by atoms with Gasteiger partial charge in [-0.1, -0.05) is 0 Å². The standard InChI is InChI=1S/C11H22ClNO2/c1-8(12)11(5,6)13-9(14)7-15-10(2,3)4/h8H,7H2,1-6H3,(H,13,14). The molecule has 0 heterocycles. The van der Waals surface area contributed by atoms with Crippen LogP contribution in [0.4, 0.5) is 0 Å². The van der Waals surface area contributed by atoms with E-state index in [2.05, 4.69) is 5.32 Å². The number of alkyl halides is 1.